The van der Waals surface area contributed by atoms with E-state index in [2.05, 4.69) is 5.10 Å². The van der Waals surface area contributed by atoms with Gasteiger partial charge in [-0.2, -0.15) is 5.10 Å². The summed E-state index contributed by atoms with van der Waals surface area (Å²) in [4.78, 5) is 39.2. The summed E-state index contributed by atoms with van der Waals surface area (Å²) in [6, 6.07) is 0. The number of likely N-dealkylation sites (tertiary alicyclic amines) is 1. The van der Waals surface area contributed by atoms with Crippen LogP contribution in [0.1, 0.15) is 41.7 Å². The first-order valence-electron chi connectivity index (χ1n) is 8.78. The highest BCUT2D eigenvalue weighted by molar-refractivity contribution is 5.97. The molecule has 0 bridgehead atoms. The van der Waals surface area contributed by atoms with Crippen LogP contribution in [0.15, 0.2) is 6.20 Å². The normalized spacial score (nSPS) is 20.0. The minimum atomic E-state index is -0.867. The van der Waals surface area contributed by atoms with Crippen LogP contribution in [0, 0.1) is 5.92 Å². The van der Waals surface area contributed by atoms with E-state index < -0.39 is 11.9 Å². The van der Waals surface area contributed by atoms with E-state index in [-0.39, 0.29) is 24.9 Å². The van der Waals surface area contributed by atoms with E-state index in [0.29, 0.717) is 24.9 Å². The Kier molecular flexibility index (Phi) is 5.06. The highest BCUT2D eigenvalue weighted by atomic mass is 16.4. The molecule has 3 rings (SSSR count). The van der Waals surface area contributed by atoms with Crippen molar-refractivity contribution in [1.82, 2.24) is 19.6 Å². The van der Waals surface area contributed by atoms with Gasteiger partial charge in [-0.25, -0.2) is 0 Å². The number of aryl methyl sites for hydroxylation is 1. The molecule has 1 N–H and O–H groups in total. The molecular formula is C17H24N4O4. The van der Waals surface area contributed by atoms with E-state index in [1.165, 1.54) is 4.90 Å². The first-order valence-corrected chi connectivity index (χ1v) is 8.78. The van der Waals surface area contributed by atoms with Crippen molar-refractivity contribution in [3.8, 4) is 0 Å². The number of fused-ring (bicyclic) bond motifs is 1. The maximum absolute atomic E-state index is 12.7. The summed E-state index contributed by atoms with van der Waals surface area (Å²) in [5.41, 5.74) is 1.51. The summed E-state index contributed by atoms with van der Waals surface area (Å²) in [5.74, 6) is -1.79. The van der Waals surface area contributed by atoms with Gasteiger partial charge in [-0.3, -0.25) is 19.1 Å². The Morgan fingerprint density at radius 3 is 2.84 bits per heavy atom. The van der Waals surface area contributed by atoms with Gasteiger partial charge in [0, 0.05) is 26.7 Å². The lowest BCUT2D eigenvalue weighted by Crippen LogP contribution is -2.47. The molecule has 25 heavy (non-hydrogen) atoms. The van der Waals surface area contributed by atoms with E-state index in [1.54, 1.807) is 18.1 Å². The zero-order valence-electron chi connectivity index (χ0n) is 14.5. The molecule has 0 saturated carbocycles. The molecule has 3 heterocycles. The number of carboxylic acids is 1. The minimum Gasteiger partial charge on any atom is -0.481 e. The Morgan fingerprint density at radius 1 is 1.28 bits per heavy atom. The fraction of sp³-hybridized carbons (Fsp3) is 0.647. The predicted molar refractivity (Wildman–Crippen MR) is 89.1 cm³/mol. The number of hydrogen-bond acceptors (Lipinski definition) is 4. The SMILES string of the molecule is CN(CC(=O)N1CCCC(C(=O)O)C1)C(=O)c1cnn2c1CCCC2. The molecular weight excluding hydrogens is 324 g/mol. The zero-order valence-corrected chi connectivity index (χ0v) is 14.5. The average molecular weight is 348 g/mol. The lowest BCUT2D eigenvalue weighted by Gasteiger charge is -2.32. The van der Waals surface area contributed by atoms with Crippen molar-refractivity contribution in [3.63, 3.8) is 0 Å². The molecule has 1 fully saturated rings. The maximum Gasteiger partial charge on any atom is 0.308 e. The maximum atomic E-state index is 12.7. The van der Waals surface area contributed by atoms with Crippen molar-refractivity contribution < 1.29 is 19.5 Å². The summed E-state index contributed by atoms with van der Waals surface area (Å²) in [6.07, 6.45) is 5.80. The van der Waals surface area contributed by atoms with Crippen molar-refractivity contribution in [2.75, 3.05) is 26.7 Å². The molecule has 8 nitrogen and oxygen atoms in total. The predicted octanol–water partition coefficient (Wildman–Crippen LogP) is 0.615. The van der Waals surface area contributed by atoms with E-state index >= 15 is 0 Å². The fourth-order valence-corrected chi connectivity index (χ4v) is 3.59. The molecule has 1 aromatic heterocycles. The van der Waals surface area contributed by atoms with Gasteiger partial charge in [-0.15, -0.1) is 0 Å². The molecule has 136 valence electrons. The molecule has 2 amide bonds. The van der Waals surface area contributed by atoms with Gasteiger partial charge in [0.15, 0.2) is 0 Å². The number of aliphatic carboxylic acids is 1. The van der Waals surface area contributed by atoms with E-state index in [1.807, 2.05) is 4.68 Å². The van der Waals surface area contributed by atoms with Gasteiger partial charge in [0.1, 0.15) is 0 Å². The molecule has 1 unspecified atom stereocenters. The number of carbonyl (C=O) groups is 3. The Bertz CT molecular complexity index is 684. The molecule has 0 aliphatic carbocycles. The van der Waals surface area contributed by atoms with Crippen molar-refractivity contribution in [2.45, 2.75) is 38.6 Å². The standard InChI is InChI=1S/C17H24N4O4/c1-19(11-15(22)20-7-4-5-12(10-20)17(24)25)16(23)13-9-18-21-8-3-2-6-14(13)21/h9,12H,2-8,10-11H2,1H3,(H,24,25). The third kappa shape index (κ3) is 3.67. The van der Waals surface area contributed by atoms with Crippen LogP contribution in [-0.2, 0) is 22.6 Å². The molecule has 8 heteroatoms. The van der Waals surface area contributed by atoms with Gasteiger partial charge >= 0.3 is 5.97 Å². The number of aromatic nitrogens is 2. The monoisotopic (exact) mass is 348 g/mol. The first-order chi connectivity index (χ1) is 12.0. The van der Waals surface area contributed by atoms with Crippen LogP contribution in [0.2, 0.25) is 0 Å². The zero-order chi connectivity index (χ0) is 18.0. The number of hydrogen-bond donors (Lipinski definition) is 1. The molecule has 0 spiro atoms. The summed E-state index contributed by atoms with van der Waals surface area (Å²) >= 11 is 0. The van der Waals surface area contributed by atoms with Gasteiger partial charge in [0.2, 0.25) is 5.91 Å². The highest BCUT2D eigenvalue weighted by Crippen LogP contribution is 2.20. The quantitative estimate of drug-likeness (QED) is 0.860. The lowest BCUT2D eigenvalue weighted by molar-refractivity contribution is -0.145. The number of carbonyl (C=O) groups excluding carboxylic acids is 2. The number of likely N-dealkylation sites (N-methyl/N-ethyl adjacent to an activating group) is 1. The van der Waals surface area contributed by atoms with Gasteiger partial charge in [0.25, 0.3) is 5.91 Å². The van der Waals surface area contributed by atoms with E-state index in [9.17, 15) is 14.4 Å². The number of rotatable bonds is 4. The van der Waals surface area contributed by atoms with Crippen molar-refractivity contribution in [3.05, 3.63) is 17.5 Å². The second kappa shape index (κ2) is 7.25. The van der Waals surface area contributed by atoms with Gasteiger partial charge < -0.3 is 14.9 Å². The first kappa shape index (κ1) is 17.4. The smallest absolute Gasteiger partial charge is 0.308 e. The second-order valence-corrected chi connectivity index (χ2v) is 6.86. The van der Waals surface area contributed by atoms with Crippen molar-refractivity contribution in [1.29, 1.82) is 0 Å². The van der Waals surface area contributed by atoms with Crippen LogP contribution in [-0.4, -0.2) is 69.2 Å². The lowest BCUT2D eigenvalue weighted by atomic mass is 9.98. The number of amides is 2. The number of carboxylic acid groups (broad SMARTS) is 1. The second-order valence-electron chi connectivity index (χ2n) is 6.86. The molecule has 0 radical (unpaired) electrons. The van der Waals surface area contributed by atoms with Gasteiger partial charge in [-0.1, -0.05) is 0 Å². The minimum absolute atomic E-state index is 0.0458. The molecule has 1 aromatic rings. The van der Waals surface area contributed by atoms with Crippen LogP contribution < -0.4 is 0 Å². The summed E-state index contributed by atoms with van der Waals surface area (Å²) in [5, 5.41) is 13.4. The Balaban J connectivity index is 1.62. The third-order valence-electron chi connectivity index (χ3n) is 5.06. The van der Waals surface area contributed by atoms with Crippen LogP contribution in [0.5, 0.6) is 0 Å². The topological polar surface area (TPSA) is 95.7 Å². The van der Waals surface area contributed by atoms with Gasteiger partial charge in [0.05, 0.1) is 29.9 Å². The van der Waals surface area contributed by atoms with Crippen molar-refractivity contribution >= 4 is 17.8 Å². The Hall–Kier alpha value is -2.38. The van der Waals surface area contributed by atoms with Crippen LogP contribution in [0.4, 0.5) is 0 Å². The number of nitrogens with zero attached hydrogens (tertiary/aromatic N) is 4. The Labute approximate surface area is 146 Å². The van der Waals surface area contributed by atoms with Crippen molar-refractivity contribution in [2.24, 2.45) is 5.92 Å². The fourth-order valence-electron chi connectivity index (χ4n) is 3.59. The van der Waals surface area contributed by atoms with E-state index in [0.717, 1.165) is 31.5 Å². The van der Waals surface area contributed by atoms with E-state index in [4.69, 9.17) is 5.11 Å². The summed E-state index contributed by atoms with van der Waals surface area (Å²) in [6.45, 7) is 1.55. The molecule has 0 aromatic carbocycles. The molecule has 2 aliphatic rings. The molecule has 1 saturated heterocycles. The summed E-state index contributed by atoms with van der Waals surface area (Å²) < 4.78 is 1.87. The Morgan fingerprint density at radius 2 is 2.08 bits per heavy atom. The number of piperidine rings is 1. The van der Waals surface area contributed by atoms with Crippen LogP contribution in [0.25, 0.3) is 0 Å². The molecule has 2 aliphatic heterocycles. The average Bonchev–Trinajstić information content (AvgIpc) is 3.05. The molecule has 1 atom stereocenters. The summed E-state index contributed by atoms with van der Waals surface area (Å²) in [7, 11) is 1.60. The van der Waals surface area contributed by atoms with Crippen LogP contribution in [0.3, 0.4) is 0 Å². The van der Waals surface area contributed by atoms with Gasteiger partial charge in [-0.05, 0) is 32.1 Å². The third-order valence-corrected chi connectivity index (χ3v) is 5.06. The highest BCUT2D eigenvalue weighted by Gasteiger charge is 2.30. The van der Waals surface area contributed by atoms with Crippen LogP contribution >= 0.6 is 0 Å². The largest absolute Gasteiger partial charge is 0.481 e.